The molecule has 6 heteroatoms. The van der Waals surface area contributed by atoms with Gasteiger partial charge in [0, 0.05) is 11.9 Å². The predicted molar refractivity (Wildman–Crippen MR) is 71.3 cm³/mol. The van der Waals surface area contributed by atoms with E-state index >= 15 is 0 Å². The van der Waals surface area contributed by atoms with Gasteiger partial charge in [-0.2, -0.15) is 0 Å². The molecule has 0 N–H and O–H groups in total. The van der Waals surface area contributed by atoms with Crippen molar-refractivity contribution in [3.8, 4) is 0 Å². The molecule has 1 aliphatic rings. The Bertz CT molecular complexity index is 476. The Morgan fingerprint density at radius 3 is 2.76 bits per heavy atom. The summed E-state index contributed by atoms with van der Waals surface area (Å²) in [6.07, 6.45) is 3.25. The molecule has 0 bridgehead atoms. The fourth-order valence-corrected chi connectivity index (χ4v) is 4.72. The average molecular weight is 292 g/mol. The molecule has 1 aromatic heterocycles. The lowest BCUT2D eigenvalue weighted by atomic mass is 10.1. The van der Waals surface area contributed by atoms with Crippen LogP contribution in [0.25, 0.3) is 0 Å². The Kier molecular flexibility index (Phi) is 4.33. The van der Waals surface area contributed by atoms with Crippen LogP contribution in [0.15, 0.2) is 23.4 Å². The van der Waals surface area contributed by atoms with Gasteiger partial charge in [0.05, 0.1) is 16.5 Å². The number of nitrogens with zero attached hydrogens (tertiary/aromatic N) is 1. The molecule has 0 saturated carbocycles. The Morgan fingerprint density at radius 2 is 2.12 bits per heavy atom. The molecule has 0 amide bonds. The molecule has 2 heterocycles. The van der Waals surface area contributed by atoms with Crippen LogP contribution in [0.4, 0.5) is 0 Å². The summed E-state index contributed by atoms with van der Waals surface area (Å²) in [5.41, 5.74) is 0. The maximum atomic E-state index is 11.3. The van der Waals surface area contributed by atoms with E-state index in [4.69, 9.17) is 11.6 Å². The Morgan fingerprint density at radius 1 is 1.41 bits per heavy atom. The third-order valence-electron chi connectivity index (χ3n) is 2.85. The van der Waals surface area contributed by atoms with E-state index < -0.39 is 9.84 Å². The van der Waals surface area contributed by atoms with Crippen LogP contribution in [-0.2, 0) is 9.84 Å². The molecular weight excluding hydrogens is 278 g/mol. The molecule has 0 unspecified atom stereocenters. The normalized spacial score (nSPS) is 20.3. The smallest absolute Gasteiger partial charge is 0.150 e. The second-order valence-corrected chi connectivity index (χ2v) is 7.92. The van der Waals surface area contributed by atoms with Gasteiger partial charge in [0.15, 0.2) is 0 Å². The van der Waals surface area contributed by atoms with Gasteiger partial charge in [-0.05, 0) is 30.9 Å². The minimum Gasteiger partial charge on any atom is -0.248 e. The SMILES string of the molecule is O=S1(=O)CCC(CSc2ncccc2Cl)CC1. The molecule has 1 aromatic rings. The van der Waals surface area contributed by atoms with Crippen molar-refractivity contribution in [3.63, 3.8) is 0 Å². The Labute approximate surface area is 111 Å². The lowest BCUT2D eigenvalue weighted by Gasteiger charge is -2.21. The first kappa shape index (κ1) is 13.2. The number of hydrogen-bond donors (Lipinski definition) is 0. The van der Waals surface area contributed by atoms with Gasteiger partial charge in [0.1, 0.15) is 14.9 Å². The molecule has 3 nitrogen and oxygen atoms in total. The second-order valence-electron chi connectivity index (χ2n) is 4.20. The molecule has 1 fully saturated rings. The quantitative estimate of drug-likeness (QED) is 0.803. The number of pyridine rings is 1. The molecule has 17 heavy (non-hydrogen) atoms. The van der Waals surface area contributed by atoms with Gasteiger partial charge in [-0.15, -0.1) is 11.8 Å². The molecule has 0 atom stereocenters. The van der Waals surface area contributed by atoms with Crippen LogP contribution in [0.1, 0.15) is 12.8 Å². The number of sulfone groups is 1. The van der Waals surface area contributed by atoms with Crippen LogP contribution in [0, 0.1) is 5.92 Å². The van der Waals surface area contributed by atoms with E-state index in [-0.39, 0.29) is 0 Å². The minimum absolute atomic E-state index is 0.328. The molecule has 0 spiro atoms. The zero-order valence-electron chi connectivity index (χ0n) is 9.30. The van der Waals surface area contributed by atoms with E-state index in [9.17, 15) is 8.42 Å². The standard InChI is InChI=1S/C11H14ClNO2S2/c12-10-2-1-5-13-11(10)16-8-9-3-6-17(14,15)7-4-9/h1-2,5,9H,3-4,6-8H2. The predicted octanol–water partition coefficient (Wildman–Crippen LogP) is 2.65. The van der Waals surface area contributed by atoms with Crippen molar-refractivity contribution < 1.29 is 8.42 Å². The summed E-state index contributed by atoms with van der Waals surface area (Å²) in [5, 5.41) is 1.50. The van der Waals surface area contributed by atoms with Crippen molar-refractivity contribution >= 4 is 33.2 Å². The maximum absolute atomic E-state index is 11.3. The van der Waals surface area contributed by atoms with E-state index in [1.807, 2.05) is 6.07 Å². The highest BCUT2D eigenvalue weighted by molar-refractivity contribution is 7.99. The largest absolute Gasteiger partial charge is 0.248 e. The minimum atomic E-state index is -2.76. The highest BCUT2D eigenvalue weighted by atomic mass is 35.5. The van der Waals surface area contributed by atoms with Crippen molar-refractivity contribution in [1.82, 2.24) is 4.98 Å². The number of thioether (sulfide) groups is 1. The highest BCUT2D eigenvalue weighted by Gasteiger charge is 2.23. The summed E-state index contributed by atoms with van der Waals surface area (Å²) in [7, 11) is -2.76. The maximum Gasteiger partial charge on any atom is 0.150 e. The van der Waals surface area contributed by atoms with Gasteiger partial charge >= 0.3 is 0 Å². The second kappa shape index (κ2) is 5.59. The number of rotatable bonds is 3. The van der Waals surface area contributed by atoms with Gasteiger partial charge in [0.2, 0.25) is 0 Å². The van der Waals surface area contributed by atoms with Crippen molar-refractivity contribution in [2.45, 2.75) is 17.9 Å². The molecule has 0 radical (unpaired) electrons. The molecule has 2 rings (SSSR count). The van der Waals surface area contributed by atoms with Crippen LogP contribution in [0.3, 0.4) is 0 Å². The Balaban J connectivity index is 1.86. The lowest BCUT2D eigenvalue weighted by molar-refractivity contribution is 0.507. The average Bonchev–Trinajstić information content (AvgIpc) is 2.30. The first-order valence-electron chi connectivity index (χ1n) is 5.50. The van der Waals surface area contributed by atoms with Gasteiger partial charge in [-0.3, -0.25) is 0 Å². The van der Waals surface area contributed by atoms with Gasteiger partial charge in [0.25, 0.3) is 0 Å². The van der Waals surface area contributed by atoms with E-state index in [0.717, 1.165) is 23.6 Å². The zero-order valence-corrected chi connectivity index (χ0v) is 11.7. The van der Waals surface area contributed by atoms with E-state index in [1.54, 1.807) is 24.0 Å². The molecule has 0 aliphatic carbocycles. The Hall–Kier alpha value is -0.260. The molecular formula is C11H14ClNO2S2. The fraction of sp³-hybridized carbons (Fsp3) is 0.545. The topological polar surface area (TPSA) is 47.0 Å². The first-order chi connectivity index (χ1) is 8.07. The molecule has 1 aliphatic heterocycles. The summed E-state index contributed by atoms with van der Waals surface area (Å²) in [6, 6.07) is 3.63. The summed E-state index contributed by atoms with van der Waals surface area (Å²) in [5.74, 6) is 2.01. The number of aromatic nitrogens is 1. The van der Waals surface area contributed by atoms with Crippen LogP contribution in [-0.4, -0.2) is 30.7 Å². The highest BCUT2D eigenvalue weighted by Crippen LogP contribution is 2.29. The fourth-order valence-electron chi connectivity index (χ4n) is 1.78. The first-order valence-corrected chi connectivity index (χ1v) is 8.69. The monoisotopic (exact) mass is 291 g/mol. The molecule has 1 saturated heterocycles. The number of halogens is 1. The van der Waals surface area contributed by atoms with Crippen molar-refractivity contribution in [3.05, 3.63) is 23.4 Å². The van der Waals surface area contributed by atoms with Gasteiger partial charge in [-0.1, -0.05) is 11.6 Å². The molecule has 0 aromatic carbocycles. The lowest BCUT2D eigenvalue weighted by Crippen LogP contribution is -2.24. The van der Waals surface area contributed by atoms with Crippen LogP contribution >= 0.6 is 23.4 Å². The van der Waals surface area contributed by atoms with E-state index in [1.165, 1.54) is 0 Å². The zero-order chi connectivity index (χ0) is 12.3. The van der Waals surface area contributed by atoms with E-state index in [0.29, 0.717) is 22.4 Å². The van der Waals surface area contributed by atoms with Gasteiger partial charge in [-0.25, -0.2) is 13.4 Å². The van der Waals surface area contributed by atoms with Crippen LogP contribution < -0.4 is 0 Å². The summed E-state index contributed by atoms with van der Waals surface area (Å²) in [6.45, 7) is 0. The van der Waals surface area contributed by atoms with Crippen molar-refractivity contribution in [1.29, 1.82) is 0 Å². The van der Waals surface area contributed by atoms with Crippen molar-refractivity contribution in [2.75, 3.05) is 17.3 Å². The van der Waals surface area contributed by atoms with Gasteiger partial charge < -0.3 is 0 Å². The summed E-state index contributed by atoms with van der Waals surface area (Å²) < 4.78 is 22.6. The van der Waals surface area contributed by atoms with Crippen LogP contribution in [0.2, 0.25) is 5.02 Å². The third-order valence-corrected chi connectivity index (χ3v) is 6.22. The third kappa shape index (κ3) is 3.86. The summed E-state index contributed by atoms with van der Waals surface area (Å²) >= 11 is 7.62. The van der Waals surface area contributed by atoms with Crippen LogP contribution in [0.5, 0.6) is 0 Å². The summed E-state index contributed by atoms with van der Waals surface area (Å²) in [4.78, 5) is 4.20. The molecule has 94 valence electrons. The van der Waals surface area contributed by atoms with E-state index in [2.05, 4.69) is 4.98 Å². The van der Waals surface area contributed by atoms with Crippen molar-refractivity contribution in [2.24, 2.45) is 5.92 Å². The number of hydrogen-bond acceptors (Lipinski definition) is 4.